The highest BCUT2D eigenvalue weighted by atomic mass is 15.1. The number of nitrogens with zero attached hydrogens (tertiary/aromatic N) is 1. The van der Waals surface area contributed by atoms with E-state index in [0.29, 0.717) is 13.1 Å². The third-order valence-corrected chi connectivity index (χ3v) is 3.09. The molecule has 8 heteroatoms. The van der Waals surface area contributed by atoms with Crippen molar-refractivity contribution in [2.24, 2.45) is 22.9 Å². The van der Waals surface area contributed by atoms with Gasteiger partial charge in [0, 0.05) is 52.4 Å². The Morgan fingerprint density at radius 2 is 0.913 bits per heavy atom. The highest BCUT2D eigenvalue weighted by Crippen LogP contribution is 1.87. The Labute approximate surface area is 143 Å². The summed E-state index contributed by atoms with van der Waals surface area (Å²) in [5.41, 5.74) is 21.3. The fourth-order valence-corrected chi connectivity index (χ4v) is 1.77. The molecule has 0 fully saturated rings. The smallest absolute Gasteiger partial charge is 0.00772 e. The van der Waals surface area contributed by atoms with Crippen molar-refractivity contribution in [3.63, 3.8) is 0 Å². The Kier molecular flexibility index (Phi) is 25.9. The van der Waals surface area contributed by atoms with Crippen LogP contribution in [0.2, 0.25) is 0 Å². The van der Waals surface area contributed by atoms with Crippen LogP contribution in [-0.2, 0) is 0 Å². The molecule has 0 aliphatic carbocycles. The van der Waals surface area contributed by atoms with E-state index in [1.54, 1.807) is 0 Å². The molecule has 0 heterocycles. The molecule has 0 radical (unpaired) electrons. The second-order valence-corrected chi connectivity index (χ2v) is 5.42. The predicted molar refractivity (Wildman–Crippen MR) is 102 cm³/mol. The summed E-state index contributed by atoms with van der Waals surface area (Å²) in [6.07, 6.45) is 2.17. The zero-order valence-electron chi connectivity index (χ0n) is 15.2. The van der Waals surface area contributed by atoms with Crippen LogP contribution in [0.25, 0.3) is 0 Å². The lowest BCUT2D eigenvalue weighted by Crippen LogP contribution is -2.35. The molecule has 23 heavy (non-hydrogen) atoms. The lowest BCUT2D eigenvalue weighted by atomic mass is 10.3. The van der Waals surface area contributed by atoms with Crippen molar-refractivity contribution in [3.05, 3.63) is 0 Å². The molecule has 0 aliphatic heterocycles. The van der Waals surface area contributed by atoms with Crippen LogP contribution in [0.3, 0.4) is 0 Å². The van der Waals surface area contributed by atoms with Crippen molar-refractivity contribution in [2.75, 3.05) is 85.6 Å². The van der Waals surface area contributed by atoms with Gasteiger partial charge in [0.2, 0.25) is 0 Å². The number of hydrogen-bond donors (Lipinski definition) is 7. The molecule has 0 aromatic rings. The van der Waals surface area contributed by atoms with Crippen LogP contribution in [0.15, 0.2) is 0 Å². The minimum absolute atomic E-state index is 0.706. The van der Waals surface area contributed by atoms with Crippen LogP contribution >= 0.6 is 0 Å². The van der Waals surface area contributed by atoms with Crippen molar-refractivity contribution in [3.8, 4) is 0 Å². The lowest BCUT2D eigenvalue weighted by Gasteiger charge is -2.14. The van der Waals surface area contributed by atoms with E-state index in [9.17, 15) is 0 Å². The van der Waals surface area contributed by atoms with Crippen molar-refractivity contribution in [1.29, 1.82) is 0 Å². The summed E-state index contributed by atoms with van der Waals surface area (Å²) in [4.78, 5) is 2.26. The Morgan fingerprint density at radius 3 is 1.22 bits per heavy atom. The fraction of sp³-hybridized carbons (Fsp3) is 1.00. The summed E-state index contributed by atoms with van der Waals surface area (Å²) in [5, 5.41) is 9.71. The largest absolute Gasteiger partial charge is 0.330 e. The van der Waals surface area contributed by atoms with E-state index < -0.39 is 0 Å². The van der Waals surface area contributed by atoms with Gasteiger partial charge in [-0.05, 0) is 46.1 Å². The Bertz CT molecular complexity index is 176. The third-order valence-electron chi connectivity index (χ3n) is 3.09. The van der Waals surface area contributed by atoms with Crippen molar-refractivity contribution >= 4 is 0 Å². The van der Waals surface area contributed by atoms with E-state index in [0.717, 1.165) is 78.3 Å². The minimum Gasteiger partial charge on any atom is -0.330 e. The fourth-order valence-electron chi connectivity index (χ4n) is 1.77. The number of rotatable bonds is 16. The molecule has 0 bridgehead atoms. The normalized spacial score (nSPS) is 10.7. The minimum atomic E-state index is 0.706. The van der Waals surface area contributed by atoms with Gasteiger partial charge in [-0.25, -0.2) is 0 Å². The summed E-state index contributed by atoms with van der Waals surface area (Å²) in [6, 6.07) is 0. The maximum Gasteiger partial charge on any atom is 0.00772 e. The SMILES string of the molecule is CN(CCCN)CCCN.NCCNCCNCCNCCN. The van der Waals surface area contributed by atoms with Gasteiger partial charge in [-0.1, -0.05) is 0 Å². The molecule has 0 saturated heterocycles. The highest BCUT2D eigenvalue weighted by Gasteiger charge is 1.94. The quantitative estimate of drug-likeness (QED) is 0.151. The first kappa shape index (κ1) is 24.9. The lowest BCUT2D eigenvalue weighted by molar-refractivity contribution is 0.329. The van der Waals surface area contributed by atoms with Crippen molar-refractivity contribution in [2.45, 2.75) is 12.8 Å². The first-order chi connectivity index (χ1) is 11.2. The highest BCUT2D eigenvalue weighted by molar-refractivity contribution is 4.55. The van der Waals surface area contributed by atoms with E-state index in [1.807, 2.05) is 0 Å². The molecule has 0 amide bonds. The molecule has 0 unspecified atom stereocenters. The van der Waals surface area contributed by atoms with Gasteiger partial charge < -0.3 is 43.8 Å². The predicted octanol–water partition coefficient (Wildman–Crippen LogP) is -2.71. The molecule has 0 aromatic heterocycles. The zero-order chi connectivity index (χ0) is 17.6. The van der Waals surface area contributed by atoms with Crippen LogP contribution in [0, 0.1) is 0 Å². The van der Waals surface area contributed by atoms with Gasteiger partial charge in [0.15, 0.2) is 0 Å². The molecule has 0 aliphatic rings. The molecule has 0 aromatic carbocycles. The van der Waals surface area contributed by atoms with Gasteiger partial charge >= 0.3 is 0 Å². The van der Waals surface area contributed by atoms with Gasteiger partial charge in [-0.15, -0.1) is 0 Å². The van der Waals surface area contributed by atoms with Gasteiger partial charge in [0.1, 0.15) is 0 Å². The summed E-state index contributed by atoms with van der Waals surface area (Å²) >= 11 is 0. The molecule has 142 valence electrons. The summed E-state index contributed by atoms with van der Waals surface area (Å²) < 4.78 is 0. The van der Waals surface area contributed by atoms with Gasteiger partial charge in [0.05, 0.1) is 0 Å². The van der Waals surface area contributed by atoms with Crippen LogP contribution < -0.4 is 38.9 Å². The second-order valence-electron chi connectivity index (χ2n) is 5.42. The monoisotopic (exact) mass is 334 g/mol. The first-order valence-corrected chi connectivity index (χ1v) is 8.83. The molecule has 8 nitrogen and oxygen atoms in total. The van der Waals surface area contributed by atoms with Crippen LogP contribution in [0.1, 0.15) is 12.8 Å². The van der Waals surface area contributed by atoms with E-state index in [4.69, 9.17) is 22.9 Å². The van der Waals surface area contributed by atoms with E-state index in [1.165, 1.54) is 0 Å². The van der Waals surface area contributed by atoms with E-state index in [-0.39, 0.29) is 0 Å². The maximum atomic E-state index is 5.35. The summed E-state index contributed by atoms with van der Waals surface area (Å²) in [7, 11) is 2.10. The number of nitrogens with one attached hydrogen (secondary N) is 3. The van der Waals surface area contributed by atoms with Crippen molar-refractivity contribution in [1.82, 2.24) is 20.9 Å². The number of hydrogen-bond acceptors (Lipinski definition) is 8. The molecule has 0 spiro atoms. The third kappa shape index (κ3) is 26.9. The summed E-state index contributed by atoms with van der Waals surface area (Å²) in [6.45, 7) is 10.9. The van der Waals surface area contributed by atoms with Gasteiger partial charge in [-0.2, -0.15) is 0 Å². The summed E-state index contributed by atoms with van der Waals surface area (Å²) in [5.74, 6) is 0. The Hall–Kier alpha value is -0.320. The zero-order valence-corrected chi connectivity index (χ0v) is 15.2. The van der Waals surface area contributed by atoms with Crippen LogP contribution in [0.5, 0.6) is 0 Å². The molecular formula is C15H42N8. The van der Waals surface area contributed by atoms with Crippen LogP contribution in [-0.4, -0.2) is 90.5 Å². The van der Waals surface area contributed by atoms with Gasteiger partial charge in [-0.3, -0.25) is 0 Å². The van der Waals surface area contributed by atoms with Crippen molar-refractivity contribution < 1.29 is 0 Å². The molecule has 11 N–H and O–H groups in total. The second kappa shape index (κ2) is 23.9. The average Bonchev–Trinajstić information content (AvgIpc) is 2.57. The maximum absolute atomic E-state index is 5.35. The molecule has 0 saturated carbocycles. The average molecular weight is 335 g/mol. The molecule has 0 rings (SSSR count). The van der Waals surface area contributed by atoms with E-state index >= 15 is 0 Å². The number of nitrogens with two attached hydrogens (primary N) is 4. The Balaban J connectivity index is 0. The topological polar surface area (TPSA) is 143 Å². The van der Waals surface area contributed by atoms with Crippen LogP contribution in [0.4, 0.5) is 0 Å². The molecule has 0 atom stereocenters. The standard InChI is InChI=1S/C8H23N5.C7H19N3/c9-1-3-11-5-7-13-8-6-12-4-2-10;1-10(6-2-4-8)7-3-5-9/h11-13H,1-10H2;2-9H2,1H3. The van der Waals surface area contributed by atoms with Gasteiger partial charge in [0.25, 0.3) is 0 Å². The molecular weight excluding hydrogens is 292 g/mol. The van der Waals surface area contributed by atoms with E-state index in [2.05, 4.69) is 27.9 Å². The Morgan fingerprint density at radius 1 is 0.565 bits per heavy atom. The first-order valence-electron chi connectivity index (χ1n) is 8.83.